The maximum atomic E-state index is 10.6. The van der Waals surface area contributed by atoms with Crippen molar-refractivity contribution >= 4 is 17.6 Å². The summed E-state index contributed by atoms with van der Waals surface area (Å²) in [5.74, 6) is 0.195. The van der Waals surface area contributed by atoms with E-state index in [9.17, 15) is 4.79 Å². The minimum absolute atomic E-state index is 0.0771. The quantitative estimate of drug-likeness (QED) is 0.877. The van der Waals surface area contributed by atoms with Crippen LogP contribution in [0.4, 0.5) is 0 Å². The van der Waals surface area contributed by atoms with Gasteiger partial charge in [-0.25, -0.2) is 0 Å². The van der Waals surface area contributed by atoms with Gasteiger partial charge in [0.15, 0.2) is 0 Å². The fourth-order valence-corrected chi connectivity index (χ4v) is 2.08. The van der Waals surface area contributed by atoms with E-state index in [0.29, 0.717) is 23.1 Å². The molecule has 1 N–H and O–H groups in total. The number of rotatable bonds is 5. The van der Waals surface area contributed by atoms with Gasteiger partial charge in [-0.3, -0.25) is 4.79 Å². The molecule has 0 heterocycles. The molecule has 0 aromatic heterocycles. The van der Waals surface area contributed by atoms with Crippen LogP contribution in [0.15, 0.2) is 12.1 Å². The molecule has 94 valence electrons. The Morgan fingerprint density at radius 2 is 2.12 bits per heavy atom. The summed E-state index contributed by atoms with van der Waals surface area (Å²) < 4.78 is 5.27. The van der Waals surface area contributed by atoms with Gasteiger partial charge < -0.3 is 9.84 Å². The van der Waals surface area contributed by atoms with Crippen molar-refractivity contribution in [3.63, 3.8) is 0 Å². The first-order valence-corrected chi connectivity index (χ1v) is 5.91. The lowest BCUT2D eigenvalue weighted by atomic mass is 9.99. The zero-order valence-electron chi connectivity index (χ0n) is 10.3. The Morgan fingerprint density at radius 3 is 2.59 bits per heavy atom. The molecule has 17 heavy (non-hydrogen) atoms. The highest BCUT2D eigenvalue weighted by Crippen LogP contribution is 2.32. The molecule has 0 radical (unpaired) electrons. The van der Waals surface area contributed by atoms with Crippen molar-refractivity contribution in [2.75, 3.05) is 7.11 Å². The van der Waals surface area contributed by atoms with Crippen molar-refractivity contribution in [3.05, 3.63) is 28.3 Å². The highest BCUT2D eigenvalue weighted by atomic mass is 35.5. The summed E-state index contributed by atoms with van der Waals surface area (Å²) in [5, 5.41) is 9.34. The van der Waals surface area contributed by atoms with Gasteiger partial charge >= 0.3 is 5.97 Å². The fraction of sp³-hybridized carbons (Fsp3) is 0.462. The molecule has 1 aromatic carbocycles. The summed E-state index contributed by atoms with van der Waals surface area (Å²) in [7, 11) is 1.58. The van der Waals surface area contributed by atoms with E-state index in [-0.39, 0.29) is 6.42 Å². The van der Waals surface area contributed by atoms with Gasteiger partial charge in [-0.15, -0.1) is 0 Å². The van der Waals surface area contributed by atoms with Crippen LogP contribution >= 0.6 is 11.6 Å². The number of ether oxygens (including phenoxy) is 1. The van der Waals surface area contributed by atoms with E-state index >= 15 is 0 Å². The summed E-state index contributed by atoms with van der Waals surface area (Å²) in [6.07, 6.45) is 0.504. The molecule has 0 aliphatic rings. The van der Waals surface area contributed by atoms with E-state index < -0.39 is 5.97 Å². The Hall–Kier alpha value is -1.22. The summed E-state index contributed by atoms with van der Waals surface area (Å²) in [6, 6.07) is 3.70. The predicted octanol–water partition coefficient (Wildman–Crippen LogP) is 3.49. The van der Waals surface area contributed by atoms with Gasteiger partial charge in [0.25, 0.3) is 0 Å². The molecule has 3 nitrogen and oxygen atoms in total. The third-order valence-electron chi connectivity index (χ3n) is 2.63. The van der Waals surface area contributed by atoms with Crippen molar-refractivity contribution in [3.8, 4) is 5.75 Å². The number of benzene rings is 1. The Bertz CT molecular complexity index is 413. The fourth-order valence-electron chi connectivity index (χ4n) is 1.68. The number of hydrogen-bond donors (Lipinski definition) is 1. The Kier molecular flexibility index (Phi) is 4.82. The number of carboxylic acids is 1. The van der Waals surface area contributed by atoms with Crippen LogP contribution in [-0.2, 0) is 11.2 Å². The number of carboxylic acid groups (broad SMARTS) is 1. The number of aliphatic carboxylic acids is 1. The first-order valence-electron chi connectivity index (χ1n) is 5.53. The average molecular weight is 257 g/mol. The minimum atomic E-state index is -0.823. The van der Waals surface area contributed by atoms with Crippen LogP contribution in [0.5, 0.6) is 5.75 Å². The van der Waals surface area contributed by atoms with Crippen molar-refractivity contribution < 1.29 is 14.6 Å². The first kappa shape index (κ1) is 13.8. The van der Waals surface area contributed by atoms with Crippen LogP contribution in [0.2, 0.25) is 5.02 Å². The maximum absolute atomic E-state index is 10.6. The molecule has 0 aliphatic heterocycles. The van der Waals surface area contributed by atoms with E-state index in [1.54, 1.807) is 13.2 Å². The molecule has 0 saturated carbocycles. The van der Waals surface area contributed by atoms with E-state index in [1.807, 2.05) is 6.07 Å². The van der Waals surface area contributed by atoms with Crippen LogP contribution in [-0.4, -0.2) is 18.2 Å². The van der Waals surface area contributed by atoms with Gasteiger partial charge in [0, 0.05) is 11.4 Å². The molecular formula is C13H17ClO3. The largest absolute Gasteiger partial charge is 0.496 e. The molecule has 1 aromatic rings. The highest BCUT2D eigenvalue weighted by Gasteiger charge is 2.12. The standard InChI is InChI=1S/C13H17ClO3/c1-8(2)10-7-12(17-3)9(6-11(10)14)4-5-13(15)16/h6-8H,4-5H2,1-3H3,(H,15,16). The summed E-state index contributed by atoms with van der Waals surface area (Å²) in [5.41, 5.74) is 1.85. The third kappa shape index (κ3) is 3.63. The number of carbonyl (C=O) groups is 1. The Balaban J connectivity index is 3.05. The lowest BCUT2D eigenvalue weighted by molar-refractivity contribution is -0.136. The van der Waals surface area contributed by atoms with E-state index in [2.05, 4.69) is 13.8 Å². The molecule has 0 amide bonds. The van der Waals surface area contributed by atoms with Gasteiger partial charge in [0.1, 0.15) is 5.75 Å². The van der Waals surface area contributed by atoms with Crippen LogP contribution < -0.4 is 4.74 Å². The van der Waals surface area contributed by atoms with E-state index in [1.165, 1.54) is 0 Å². The summed E-state index contributed by atoms with van der Waals surface area (Å²) >= 11 is 6.17. The van der Waals surface area contributed by atoms with Gasteiger partial charge in [0.05, 0.1) is 7.11 Å². The van der Waals surface area contributed by atoms with Crippen molar-refractivity contribution in [2.45, 2.75) is 32.6 Å². The van der Waals surface area contributed by atoms with Crippen molar-refractivity contribution in [1.82, 2.24) is 0 Å². The highest BCUT2D eigenvalue weighted by molar-refractivity contribution is 6.31. The lowest BCUT2D eigenvalue weighted by Crippen LogP contribution is -2.01. The van der Waals surface area contributed by atoms with Gasteiger partial charge in [-0.1, -0.05) is 25.4 Å². The van der Waals surface area contributed by atoms with Crippen LogP contribution in [0.25, 0.3) is 0 Å². The molecule has 1 rings (SSSR count). The van der Waals surface area contributed by atoms with Crippen LogP contribution in [0, 0.1) is 0 Å². The van der Waals surface area contributed by atoms with Crippen molar-refractivity contribution in [2.24, 2.45) is 0 Å². The molecule has 0 saturated heterocycles. The second kappa shape index (κ2) is 5.92. The monoisotopic (exact) mass is 256 g/mol. The van der Waals surface area contributed by atoms with E-state index in [0.717, 1.165) is 11.1 Å². The topological polar surface area (TPSA) is 46.5 Å². The number of aryl methyl sites for hydroxylation is 1. The third-order valence-corrected chi connectivity index (χ3v) is 2.96. The van der Waals surface area contributed by atoms with Gasteiger partial charge in [-0.2, -0.15) is 0 Å². The predicted molar refractivity (Wildman–Crippen MR) is 68.0 cm³/mol. The zero-order valence-corrected chi connectivity index (χ0v) is 11.0. The van der Waals surface area contributed by atoms with Crippen molar-refractivity contribution in [1.29, 1.82) is 0 Å². The lowest BCUT2D eigenvalue weighted by Gasteiger charge is -2.14. The summed E-state index contributed by atoms with van der Waals surface area (Å²) in [4.78, 5) is 10.6. The molecular weight excluding hydrogens is 240 g/mol. The second-order valence-corrected chi connectivity index (χ2v) is 4.64. The molecule has 4 heteroatoms. The van der Waals surface area contributed by atoms with Crippen LogP contribution in [0.1, 0.15) is 37.3 Å². The van der Waals surface area contributed by atoms with E-state index in [4.69, 9.17) is 21.4 Å². The minimum Gasteiger partial charge on any atom is -0.496 e. The number of methoxy groups -OCH3 is 1. The molecule has 0 fully saturated rings. The first-order chi connectivity index (χ1) is 7.95. The van der Waals surface area contributed by atoms with Gasteiger partial charge in [0.2, 0.25) is 0 Å². The molecule has 0 spiro atoms. The Morgan fingerprint density at radius 1 is 1.47 bits per heavy atom. The van der Waals surface area contributed by atoms with Gasteiger partial charge in [-0.05, 0) is 35.6 Å². The number of hydrogen-bond acceptors (Lipinski definition) is 2. The molecule has 0 aliphatic carbocycles. The Labute approximate surface area is 106 Å². The average Bonchev–Trinajstić information content (AvgIpc) is 2.25. The normalized spacial score (nSPS) is 10.6. The summed E-state index contributed by atoms with van der Waals surface area (Å²) in [6.45, 7) is 4.11. The number of halogens is 1. The maximum Gasteiger partial charge on any atom is 0.303 e. The SMILES string of the molecule is COc1cc(C(C)C)c(Cl)cc1CCC(=O)O. The zero-order chi connectivity index (χ0) is 13.0. The molecule has 0 bridgehead atoms. The molecule has 0 unspecified atom stereocenters. The van der Waals surface area contributed by atoms with Crippen LogP contribution in [0.3, 0.4) is 0 Å². The second-order valence-electron chi connectivity index (χ2n) is 4.23. The molecule has 0 atom stereocenters. The smallest absolute Gasteiger partial charge is 0.303 e.